The first-order chi connectivity index (χ1) is 16.0. The van der Waals surface area contributed by atoms with Crippen molar-refractivity contribution in [2.45, 2.75) is 23.9 Å². The fourth-order valence-electron chi connectivity index (χ4n) is 3.19. The minimum absolute atomic E-state index is 0.111. The molecule has 0 spiro atoms. The first-order valence-electron chi connectivity index (χ1n) is 10.4. The second-order valence-corrected chi connectivity index (χ2v) is 9.05. The molecule has 0 aliphatic rings. The van der Waals surface area contributed by atoms with Crippen LogP contribution in [0, 0.1) is 0 Å². The first-order valence-corrected chi connectivity index (χ1v) is 11.7. The van der Waals surface area contributed by atoms with Crippen LogP contribution in [0.5, 0.6) is 5.75 Å². The predicted octanol–water partition coefficient (Wildman–Crippen LogP) is 5.83. The molecule has 0 aliphatic heterocycles. The summed E-state index contributed by atoms with van der Waals surface area (Å²) in [5.74, 6) is 1.11. The third-order valence-electron chi connectivity index (χ3n) is 5.04. The van der Waals surface area contributed by atoms with E-state index in [4.69, 9.17) is 16.3 Å². The van der Waals surface area contributed by atoms with Gasteiger partial charge in [-0.05, 0) is 30.7 Å². The second kappa shape index (κ2) is 10.6. The molecule has 1 heterocycles. The van der Waals surface area contributed by atoms with Crippen molar-refractivity contribution in [3.8, 4) is 16.9 Å². The van der Waals surface area contributed by atoms with Gasteiger partial charge >= 0.3 is 0 Å². The molecular formula is C25H23ClN4O2S. The van der Waals surface area contributed by atoms with Gasteiger partial charge in [0.15, 0.2) is 11.0 Å². The zero-order valence-electron chi connectivity index (χ0n) is 18.2. The predicted molar refractivity (Wildman–Crippen MR) is 133 cm³/mol. The molecule has 0 saturated carbocycles. The van der Waals surface area contributed by atoms with Crippen LogP contribution < -0.4 is 10.1 Å². The maximum absolute atomic E-state index is 12.9. The molecule has 8 heteroatoms. The Hall–Kier alpha value is -3.29. The molecule has 3 aromatic carbocycles. The molecule has 6 nitrogen and oxygen atoms in total. The maximum atomic E-state index is 12.9. The number of para-hydroxylation sites is 2. The van der Waals surface area contributed by atoms with Crippen LogP contribution in [0.1, 0.15) is 12.7 Å². The van der Waals surface area contributed by atoms with Crippen LogP contribution in [-0.4, -0.2) is 25.9 Å². The Morgan fingerprint density at radius 2 is 1.73 bits per heavy atom. The first kappa shape index (κ1) is 22.9. The van der Waals surface area contributed by atoms with E-state index in [0.717, 1.165) is 16.8 Å². The molecule has 1 atom stereocenters. The normalized spacial score (nSPS) is 11.7. The van der Waals surface area contributed by atoms with Crippen LogP contribution in [0.2, 0.25) is 5.02 Å². The van der Waals surface area contributed by atoms with E-state index >= 15 is 0 Å². The minimum Gasteiger partial charge on any atom is -0.484 e. The molecule has 0 unspecified atom stereocenters. The highest BCUT2D eigenvalue weighted by molar-refractivity contribution is 8.00. The van der Waals surface area contributed by atoms with E-state index in [1.807, 2.05) is 85.3 Å². The van der Waals surface area contributed by atoms with Crippen molar-refractivity contribution in [2.75, 3.05) is 5.32 Å². The quantitative estimate of drug-likeness (QED) is 0.322. The van der Waals surface area contributed by atoms with Crippen molar-refractivity contribution in [1.29, 1.82) is 0 Å². The number of hydrogen-bond acceptors (Lipinski definition) is 5. The average molecular weight is 479 g/mol. The summed E-state index contributed by atoms with van der Waals surface area (Å²) in [4.78, 5) is 12.9. The number of hydrogen-bond donors (Lipinski definition) is 1. The van der Waals surface area contributed by atoms with Gasteiger partial charge in [0.25, 0.3) is 0 Å². The highest BCUT2D eigenvalue weighted by Gasteiger charge is 2.20. The van der Waals surface area contributed by atoms with Crippen molar-refractivity contribution in [3.63, 3.8) is 0 Å². The van der Waals surface area contributed by atoms with E-state index in [1.54, 1.807) is 12.1 Å². The summed E-state index contributed by atoms with van der Waals surface area (Å²) in [6.07, 6.45) is 0. The van der Waals surface area contributed by atoms with Crippen molar-refractivity contribution < 1.29 is 9.53 Å². The molecular weight excluding hydrogens is 456 g/mol. The molecule has 0 radical (unpaired) electrons. The molecule has 0 aliphatic carbocycles. The summed E-state index contributed by atoms with van der Waals surface area (Å²) >= 11 is 7.48. The van der Waals surface area contributed by atoms with E-state index in [2.05, 4.69) is 15.5 Å². The van der Waals surface area contributed by atoms with Crippen molar-refractivity contribution in [3.05, 3.63) is 89.7 Å². The number of halogens is 1. The number of nitrogens with one attached hydrogen (secondary N) is 1. The van der Waals surface area contributed by atoms with Gasteiger partial charge in [0.1, 0.15) is 12.4 Å². The Morgan fingerprint density at radius 3 is 2.52 bits per heavy atom. The van der Waals surface area contributed by atoms with Gasteiger partial charge in [0, 0.05) is 18.3 Å². The number of aromatic nitrogens is 3. The topological polar surface area (TPSA) is 69.0 Å². The summed E-state index contributed by atoms with van der Waals surface area (Å²) in [6.45, 7) is 2.07. The number of carbonyl (C=O) groups is 1. The van der Waals surface area contributed by atoms with Gasteiger partial charge in [-0.1, -0.05) is 84.0 Å². The summed E-state index contributed by atoms with van der Waals surface area (Å²) < 4.78 is 7.58. The SMILES string of the molecule is C[C@@H](Sc1nnc(COc2ccccc2Cl)n1C)C(=O)Nc1ccccc1-c1ccccc1. The smallest absolute Gasteiger partial charge is 0.237 e. The Kier molecular flexibility index (Phi) is 7.32. The lowest BCUT2D eigenvalue weighted by Crippen LogP contribution is -2.23. The molecule has 4 aromatic rings. The Bertz CT molecular complexity index is 1250. The number of nitrogens with zero attached hydrogens (tertiary/aromatic N) is 3. The van der Waals surface area contributed by atoms with E-state index in [1.165, 1.54) is 11.8 Å². The summed E-state index contributed by atoms with van der Waals surface area (Å²) in [7, 11) is 1.85. The Morgan fingerprint density at radius 1 is 1.03 bits per heavy atom. The van der Waals surface area contributed by atoms with E-state index in [0.29, 0.717) is 21.8 Å². The lowest BCUT2D eigenvalue weighted by atomic mass is 10.0. The monoisotopic (exact) mass is 478 g/mol. The van der Waals surface area contributed by atoms with Crippen LogP contribution in [0.15, 0.2) is 84.0 Å². The third kappa shape index (κ3) is 5.56. The molecule has 0 bridgehead atoms. The van der Waals surface area contributed by atoms with Crippen LogP contribution in [-0.2, 0) is 18.4 Å². The highest BCUT2D eigenvalue weighted by Crippen LogP contribution is 2.29. The van der Waals surface area contributed by atoms with Crippen molar-refractivity contribution >= 4 is 35.0 Å². The number of anilines is 1. The number of ether oxygens (including phenoxy) is 1. The zero-order chi connectivity index (χ0) is 23.2. The minimum atomic E-state index is -0.380. The summed E-state index contributed by atoms with van der Waals surface area (Å²) in [6, 6.07) is 25.0. The van der Waals surface area contributed by atoms with Gasteiger partial charge in [0.05, 0.1) is 10.3 Å². The third-order valence-corrected chi connectivity index (χ3v) is 6.49. The lowest BCUT2D eigenvalue weighted by Gasteiger charge is -2.15. The van der Waals surface area contributed by atoms with Crippen LogP contribution in [0.3, 0.4) is 0 Å². The van der Waals surface area contributed by atoms with E-state index < -0.39 is 0 Å². The number of thioether (sulfide) groups is 1. The van der Waals surface area contributed by atoms with Crippen LogP contribution in [0.4, 0.5) is 5.69 Å². The summed E-state index contributed by atoms with van der Waals surface area (Å²) in [5, 5.41) is 12.3. The van der Waals surface area contributed by atoms with E-state index in [-0.39, 0.29) is 17.8 Å². The highest BCUT2D eigenvalue weighted by atomic mass is 35.5. The van der Waals surface area contributed by atoms with Crippen molar-refractivity contribution in [2.24, 2.45) is 7.05 Å². The molecule has 1 aromatic heterocycles. The summed E-state index contributed by atoms with van der Waals surface area (Å²) in [5.41, 5.74) is 2.79. The van der Waals surface area contributed by atoms with E-state index in [9.17, 15) is 4.79 Å². The Balaban J connectivity index is 1.41. The molecule has 0 fully saturated rings. The zero-order valence-corrected chi connectivity index (χ0v) is 19.8. The fraction of sp³-hybridized carbons (Fsp3) is 0.160. The molecule has 4 rings (SSSR count). The van der Waals surface area contributed by atoms with Gasteiger partial charge in [-0.3, -0.25) is 4.79 Å². The molecule has 0 saturated heterocycles. The molecule has 1 amide bonds. The largest absolute Gasteiger partial charge is 0.484 e. The number of amides is 1. The maximum Gasteiger partial charge on any atom is 0.237 e. The lowest BCUT2D eigenvalue weighted by molar-refractivity contribution is -0.115. The standard InChI is InChI=1S/C25H23ClN4O2S/c1-17(24(31)27-21-14-8-6-12-19(21)18-10-4-3-5-11-18)33-25-29-28-23(30(25)2)16-32-22-15-9-7-13-20(22)26/h3-15,17H,16H2,1-2H3,(H,27,31)/t17-/m1/s1. The van der Waals surface area contributed by atoms with Crippen LogP contribution >= 0.6 is 23.4 Å². The van der Waals surface area contributed by atoms with Gasteiger partial charge in [-0.25, -0.2) is 0 Å². The molecule has 168 valence electrons. The number of benzene rings is 3. The fourth-order valence-corrected chi connectivity index (χ4v) is 4.21. The Labute approximate surface area is 202 Å². The molecule has 1 N–H and O–H groups in total. The van der Waals surface area contributed by atoms with Gasteiger partial charge < -0.3 is 14.6 Å². The van der Waals surface area contributed by atoms with Crippen LogP contribution in [0.25, 0.3) is 11.1 Å². The second-order valence-electron chi connectivity index (χ2n) is 7.34. The van der Waals surface area contributed by atoms with Gasteiger partial charge in [-0.15, -0.1) is 10.2 Å². The number of carbonyl (C=O) groups excluding carboxylic acids is 1. The number of rotatable bonds is 8. The average Bonchev–Trinajstić information content (AvgIpc) is 3.18. The van der Waals surface area contributed by atoms with Crippen molar-refractivity contribution in [1.82, 2.24) is 14.8 Å². The molecule has 33 heavy (non-hydrogen) atoms. The van der Waals surface area contributed by atoms with Gasteiger partial charge in [0.2, 0.25) is 5.91 Å². The van der Waals surface area contributed by atoms with Gasteiger partial charge in [-0.2, -0.15) is 0 Å².